The van der Waals surface area contributed by atoms with Gasteiger partial charge in [0, 0.05) is 31.9 Å². The lowest BCUT2D eigenvalue weighted by molar-refractivity contribution is -0.126. The van der Waals surface area contributed by atoms with Crippen LogP contribution >= 0.6 is 0 Å². The molecular weight excluding hydrogens is 329 g/mol. The van der Waals surface area contributed by atoms with Crippen molar-refractivity contribution < 1.29 is 9.18 Å². The first-order valence-electron chi connectivity index (χ1n) is 9.14. The molecule has 1 aliphatic rings. The van der Waals surface area contributed by atoms with Crippen molar-refractivity contribution in [2.24, 2.45) is 0 Å². The third-order valence-electron chi connectivity index (χ3n) is 5.09. The number of carbonyl (C=O) groups is 1. The predicted octanol–water partition coefficient (Wildman–Crippen LogP) is 3.21. The zero-order chi connectivity index (χ0) is 18.5. The fourth-order valence-corrected chi connectivity index (χ4v) is 3.34. The van der Waals surface area contributed by atoms with Crippen molar-refractivity contribution in [1.29, 1.82) is 0 Å². The highest BCUT2D eigenvalue weighted by Crippen LogP contribution is 2.18. The number of nitrogens with one attached hydrogen (secondary N) is 1. The molecule has 2 aromatic carbocycles. The van der Waals surface area contributed by atoms with Crippen LogP contribution in [0.5, 0.6) is 0 Å². The van der Waals surface area contributed by atoms with E-state index in [-0.39, 0.29) is 23.8 Å². The molecule has 3 rings (SSSR count). The summed E-state index contributed by atoms with van der Waals surface area (Å²) in [5.41, 5.74) is 2.13. The van der Waals surface area contributed by atoms with Crippen molar-refractivity contribution in [2.45, 2.75) is 25.9 Å². The molecule has 1 amide bonds. The molecule has 2 aromatic rings. The monoisotopic (exact) mass is 355 g/mol. The van der Waals surface area contributed by atoms with Crippen LogP contribution in [0.3, 0.4) is 0 Å². The maximum atomic E-state index is 13.1. The van der Waals surface area contributed by atoms with Crippen molar-refractivity contribution in [3.63, 3.8) is 0 Å². The number of rotatable bonds is 5. The SMILES string of the molecule is C[C@@H](NC(=O)[C@H](C)N1CCN(c2ccc(F)cc2)CC1)c1ccccc1. The van der Waals surface area contributed by atoms with Crippen LogP contribution in [-0.2, 0) is 4.79 Å². The van der Waals surface area contributed by atoms with Gasteiger partial charge in [0.05, 0.1) is 12.1 Å². The van der Waals surface area contributed by atoms with Gasteiger partial charge in [-0.15, -0.1) is 0 Å². The second-order valence-corrected chi connectivity index (χ2v) is 6.82. The Labute approximate surface area is 154 Å². The number of benzene rings is 2. The summed E-state index contributed by atoms with van der Waals surface area (Å²) >= 11 is 0. The molecule has 0 saturated carbocycles. The van der Waals surface area contributed by atoms with Crippen LogP contribution in [0, 0.1) is 5.82 Å². The van der Waals surface area contributed by atoms with E-state index in [9.17, 15) is 9.18 Å². The first-order valence-corrected chi connectivity index (χ1v) is 9.14. The summed E-state index contributed by atoms with van der Waals surface area (Å²) in [6, 6.07) is 16.4. The van der Waals surface area contributed by atoms with Crippen molar-refractivity contribution in [2.75, 3.05) is 31.1 Å². The normalized spacial score (nSPS) is 17.6. The molecule has 138 valence electrons. The number of amides is 1. The quantitative estimate of drug-likeness (QED) is 0.895. The summed E-state index contributed by atoms with van der Waals surface area (Å²) in [4.78, 5) is 17.0. The highest BCUT2D eigenvalue weighted by Gasteiger charge is 2.26. The standard InChI is InChI=1S/C21H26FN3O/c1-16(18-6-4-3-5-7-18)23-21(26)17(2)24-12-14-25(15-13-24)20-10-8-19(22)9-11-20/h3-11,16-17H,12-15H2,1-2H3,(H,23,26)/t16-,17+/m1/s1. The average Bonchev–Trinajstić information content (AvgIpc) is 2.69. The maximum Gasteiger partial charge on any atom is 0.237 e. The molecule has 0 aliphatic carbocycles. The van der Waals surface area contributed by atoms with Gasteiger partial charge in [0.1, 0.15) is 5.82 Å². The largest absolute Gasteiger partial charge is 0.369 e. The van der Waals surface area contributed by atoms with E-state index in [0.29, 0.717) is 0 Å². The number of piperazine rings is 1. The van der Waals surface area contributed by atoms with E-state index < -0.39 is 0 Å². The van der Waals surface area contributed by atoms with Gasteiger partial charge in [-0.05, 0) is 43.7 Å². The second kappa shape index (κ2) is 8.32. The highest BCUT2D eigenvalue weighted by molar-refractivity contribution is 5.81. The van der Waals surface area contributed by atoms with Crippen LogP contribution in [0.4, 0.5) is 10.1 Å². The molecule has 1 saturated heterocycles. The third-order valence-corrected chi connectivity index (χ3v) is 5.09. The van der Waals surface area contributed by atoms with Gasteiger partial charge in [0.2, 0.25) is 5.91 Å². The van der Waals surface area contributed by atoms with Crippen molar-refractivity contribution in [1.82, 2.24) is 10.2 Å². The predicted molar refractivity (Wildman–Crippen MR) is 103 cm³/mol. The Kier molecular flexibility index (Phi) is 5.89. The van der Waals surface area contributed by atoms with E-state index in [1.165, 1.54) is 12.1 Å². The van der Waals surface area contributed by atoms with Gasteiger partial charge in [0.15, 0.2) is 0 Å². The van der Waals surface area contributed by atoms with E-state index in [1.54, 1.807) is 0 Å². The number of nitrogens with zero attached hydrogens (tertiary/aromatic N) is 2. The number of halogens is 1. The number of carbonyl (C=O) groups excluding carboxylic acids is 1. The van der Waals surface area contributed by atoms with Gasteiger partial charge in [-0.3, -0.25) is 9.69 Å². The summed E-state index contributed by atoms with van der Waals surface area (Å²) in [6.45, 7) is 7.25. The molecule has 1 N–H and O–H groups in total. The zero-order valence-electron chi connectivity index (χ0n) is 15.4. The second-order valence-electron chi connectivity index (χ2n) is 6.82. The Morgan fingerprint density at radius 3 is 2.19 bits per heavy atom. The maximum absolute atomic E-state index is 13.1. The molecule has 1 heterocycles. The molecule has 0 aromatic heterocycles. The minimum absolute atomic E-state index is 0.00773. The van der Waals surface area contributed by atoms with Crippen molar-refractivity contribution >= 4 is 11.6 Å². The molecule has 26 heavy (non-hydrogen) atoms. The van der Waals surface area contributed by atoms with Gasteiger partial charge < -0.3 is 10.2 Å². The van der Waals surface area contributed by atoms with E-state index in [2.05, 4.69) is 15.1 Å². The van der Waals surface area contributed by atoms with Crippen LogP contribution in [-0.4, -0.2) is 43.0 Å². The lowest BCUT2D eigenvalue weighted by Gasteiger charge is -2.38. The number of hydrogen-bond donors (Lipinski definition) is 1. The van der Waals surface area contributed by atoms with E-state index >= 15 is 0 Å². The zero-order valence-corrected chi connectivity index (χ0v) is 15.4. The minimum Gasteiger partial charge on any atom is -0.369 e. The van der Waals surface area contributed by atoms with Crippen LogP contribution in [0.25, 0.3) is 0 Å². The average molecular weight is 355 g/mol. The third kappa shape index (κ3) is 4.41. The van der Waals surface area contributed by atoms with Crippen LogP contribution in [0.1, 0.15) is 25.5 Å². The Bertz CT molecular complexity index is 712. The summed E-state index contributed by atoms with van der Waals surface area (Å²) in [7, 11) is 0. The van der Waals surface area contributed by atoms with Crippen LogP contribution < -0.4 is 10.2 Å². The molecule has 1 aliphatic heterocycles. The molecule has 4 nitrogen and oxygen atoms in total. The number of anilines is 1. The van der Waals surface area contributed by atoms with E-state index in [1.807, 2.05) is 56.3 Å². The van der Waals surface area contributed by atoms with E-state index in [0.717, 1.165) is 37.4 Å². The van der Waals surface area contributed by atoms with Crippen molar-refractivity contribution in [3.8, 4) is 0 Å². The summed E-state index contributed by atoms with van der Waals surface area (Å²) in [5.74, 6) is -0.165. The van der Waals surface area contributed by atoms with Gasteiger partial charge in [-0.2, -0.15) is 0 Å². The van der Waals surface area contributed by atoms with Crippen molar-refractivity contribution in [3.05, 3.63) is 66.0 Å². The first-order chi connectivity index (χ1) is 12.5. The van der Waals surface area contributed by atoms with Crippen LogP contribution in [0.2, 0.25) is 0 Å². The molecule has 0 bridgehead atoms. The first kappa shape index (κ1) is 18.4. The molecule has 0 unspecified atom stereocenters. The van der Waals surface area contributed by atoms with Crippen LogP contribution in [0.15, 0.2) is 54.6 Å². The molecule has 2 atom stereocenters. The molecule has 0 radical (unpaired) electrons. The minimum atomic E-state index is -0.217. The summed E-state index contributed by atoms with van der Waals surface area (Å²) in [6.07, 6.45) is 0. The van der Waals surface area contributed by atoms with Gasteiger partial charge >= 0.3 is 0 Å². The Hall–Kier alpha value is -2.40. The molecule has 0 spiro atoms. The Morgan fingerprint density at radius 2 is 1.58 bits per heavy atom. The molecular formula is C21H26FN3O. The lowest BCUT2D eigenvalue weighted by atomic mass is 10.1. The summed E-state index contributed by atoms with van der Waals surface area (Å²) < 4.78 is 13.1. The van der Waals surface area contributed by atoms with E-state index in [4.69, 9.17) is 0 Å². The van der Waals surface area contributed by atoms with Gasteiger partial charge in [-0.25, -0.2) is 4.39 Å². The smallest absolute Gasteiger partial charge is 0.237 e. The van der Waals surface area contributed by atoms with Gasteiger partial charge in [-0.1, -0.05) is 30.3 Å². The molecule has 1 fully saturated rings. The number of hydrogen-bond acceptors (Lipinski definition) is 3. The topological polar surface area (TPSA) is 35.6 Å². The molecule has 5 heteroatoms. The Morgan fingerprint density at radius 1 is 0.962 bits per heavy atom. The fourth-order valence-electron chi connectivity index (χ4n) is 3.34. The Balaban J connectivity index is 1.52. The lowest BCUT2D eigenvalue weighted by Crippen LogP contribution is -2.54. The van der Waals surface area contributed by atoms with Gasteiger partial charge in [0.25, 0.3) is 0 Å². The highest BCUT2D eigenvalue weighted by atomic mass is 19.1. The fraction of sp³-hybridized carbons (Fsp3) is 0.381. The summed E-state index contributed by atoms with van der Waals surface area (Å²) in [5, 5.41) is 3.11.